The summed E-state index contributed by atoms with van der Waals surface area (Å²) >= 11 is 0. The van der Waals surface area contributed by atoms with Crippen LogP contribution in [0, 0.1) is 35.5 Å². The highest BCUT2D eigenvalue weighted by atomic mass is 35.5. The third kappa shape index (κ3) is 3.31. The molecule has 4 bridgehead atoms. The molecule has 5 aliphatic rings. The molecular formula is C18H31ClN2O. The Morgan fingerprint density at radius 3 is 2.32 bits per heavy atom. The summed E-state index contributed by atoms with van der Waals surface area (Å²) in [5.41, 5.74) is 0. The van der Waals surface area contributed by atoms with Crippen LogP contribution >= 0.6 is 12.4 Å². The zero-order valence-corrected chi connectivity index (χ0v) is 14.4. The molecular weight excluding hydrogens is 296 g/mol. The van der Waals surface area contributed by atoms with Gasteiger partial charge in [0.2, 0.25) is 5.91 Å². The van der Waals surface area contributed by atoms with E-state index in [-0.39, 0.29) is 12.4 Å². The van der Waals surface area contributed by atoms with Crippen molar-refractivity contribution in [3.05, 3.63) is 0 Å². The van der Waals surface area contributed by atoms with Crippen LogP contribution in [0.25, 0.3) is 0 Å². The number of piperidine rings is 1. The number of hydrogen-bond acceptors (Lipinski definition) is 2. The highest BCUT2D eigenvalue weighted by Crippen LogP contribution is 2.56. The van der Waals surface area contributed by atoms with Gasteiger partial charge in [-0.25, -0.2) is 0 Å². The fourth-order valence-electron chi connectivity index (χ4n) is 6.04. The van der Waals surface area contributed by atoms with Crippen LogP contribution in [0.1, 0.15) is 51.4 Å². The predicted octanol–water partition coefficient (Wildman–Crippen LogP) is 2.99. The van der Waals surface area contributed by atoms with E-state index in [0.29, 0.717) is 11.8 Å². The molecule has 4 aliphatic carbocycles. The quantitative estimate of drug-likeness (QED) is 0.834. The molecule has 1 saturated heterocycles. The molecule has 0 aromatic rings. The number of carbonyl (C=O) groups is 1. The number of carbonyl (C=O) groups excluding carboxylic acids is 1. The highest BCUT2D eigenvalue weighted by molar-refractivity contribution is 5.85. The van der Waals surface area contributed by atoms with Crippen molar-refractivity contribution in [1.82, 2.24) is 10.6 Å². The van der Waals surface area contributed by atoms with E-state index < -0.39 is 0 Å². The van der Waals surface area contributed by atoms with E-state index in [9.17, 15) is 4.79 Å². The lowest BCUT2D eigenvalue weighted by Gasteiger charge is -2.53. The summed E-state index contributed by atoms with van der Waals surface area (Å²) in [4.78, 5) is 12.6. The van der Waals surface area contributed by atoms with Gasteiger partial charge in [-0.05, 0) is 94.0 Å². The lowest BCUT2D eigenvalue weighted by molar-refractivity contribution is -0.138. The molecule has 4 saturated carbocycles. The summed E-state index contributed by atoms with van der Waals surface area (Å²) < 4.78 is 0. The standard InChI is InChI=1S/C18H30N2O.ClH/c21-18(20-5-3-12-2-1-4-19-11-12)17-15-7-13-6-14(9-15)10-16(17)8-13;/h12-17,19H,1-11H2,(H,20,21);1H. The van der Waals surface area contributed by atoms with Gasteiger partial charge in [-0.1, -0.05) is 0 Å². The Labute approximate surface area is 140 Å². The van der Waals surface area contributed by atoms with E-state index >= 15 is 0 Å². The van der Waals surface area contributed by atoms with Crippen molar-refractivity contribution in [3.63, 3.8) is 0 Å². The molecule has 3 nitrogen and oxygen atoms in total. The first-order valence-electron chi connectivity index (χ1n) is 9.28. The second kappa shape index (κ2) is 7.09. The monoisotopic (exact) mass is 326 g/mol. The molecule has 1 atom stereocenters. The van der Waals surface area contributed by atoms with Crippen LogP contribution in [-0.2, 0) is 4.79 Å². The summed E-state index contributed by atoms with van der Waals surface area (Å²) in [5, 5.41) is 6.76. The molecule has 1 amide bonds. The average Bonchev–Trinajstić information content (AvgIpc) is 2.47. The smallest absolute Gasteiger partial charge is 0.223 e. The van der Waals surface area contributed by atoms with Crippen molar-refractivity contribution in [2.45, 2.75) is 51.4 Å². The molecule has 4 heteroatoms. The lowest BCUT2D eigenvalue weighted by atomic mass is 9.51. The van der Waals surface area contributed by atoms with E-state index in [0.717, 1.165) is 49.1 Å². The zero-order chi connectivity index (χ0) is 14.2. The van der Waals surface area contributed by atoms with Gasteiger partial charge in [-0.15, -0.1) is 12.4 Å². The predicted molar refractivity (Wildman–Crippen MR) is 91.0 cm³/mol. The van der Waals surface area contributed by atoms with Crippen LogP contribution in [0.2, 0.25) is 0 Å². The van der Waals surface area contributed by atoms with Gasteiger partial charge in [0.05, 0.1) is 0 Å². The summed E-state index contributed by atoms with van der Waals surface area (Å²) in [6, 6.07) is 0. The molecule has 1 aliphatic heterocycles. The molecule has 0 aromatic carbocycles. The van der Waals surface area contributed by atoms with Crippen molar-refractivity contribution in [1.29, 1.82) is 0 Å². The van der Waals surface area contributed by atoms with Crippen molar-refractivity contribution in [3.8, 4) is 0 Å². The summed E-state index contributed by atoms with van der Waals surface area (Å²) in [5.74, 6) is 4.90. The molecule has 126 valence electrons. The first kappa shape index (κ1) is 16.6. The number of nitrogens with one attached hydrogen (secondary N) is 2. The van der Waals surface area contributed by atoms with Gasteiger partial charge in [-0.2, -0.15) is 0 Å². The maximum absolute atomic E-state index is 12.6. The molecule has 0 aromatic heterocycles. The molecule has 2 N–H and O–H groups in total. The summed E-state index contributed by atoms with van der Waals surface area (Å²) in [6.07, 6.45) is 10.6. The fourth-order valence-corrected chi connectivity index (χ4v) is 6.04. The van der Waals surface area contributed by atoms with E-state index in [4.69, 9.17) is 0 Å². The normalized spacial score (nSPS) is 42.7. The van der Waals surface area contributed by atoms with Crippen LogP contribution in [-0.4, -0.2) is 25.5 Å². The first-order chi connectivity index (χ1) is 10.3. The third-order valence-corrected chi connectivity index (χ3v) is 6.78. The number of hydrogen-bond donors (Lipinski definition) is 2. The van der Waals surface area contributed by atoms with Crippen molar-refractivity contribution >= 4 is 18.3 Å². The van der Waals surface area contributed by atoms with Crippen molar-refractivity contribution < 1.29 is 4.79 Å². The minimum Gasteiger partial charge on any atom is -0.356 e. The SMILES string of the molecule is Cl.O=C(NCCC1CCCNC1)C1C2CC3CC(C2)CC1C3. The Morgan fingerprint density at radius 1 is 1.05 bits per heavy atom. The van der Waals surface area contributed by atoms with E-state index in [1.165, 1.54) is 51.5 Å². The number of rotatable bonds is 4. The van der Waals surface area contributed by atoms with Gasteiger partial charge < -0.3 is 10.6 Å². The van der Waals surface area contributed by atoms with Gasteiger partial charge in [0, 0.05) is 12.5 Å². The van der Waals surface area contributed by atoms with Crippen molar-refractivity contribution in [2.24, 2.45) is 35.5 Å². The van der Waals surface area contributed by atoms with E-state index in [1.54, 1.807) is 0 Å². The Hall–Kier alpha value is -0.280. The number of halogens is 1. The van der Waals surface area contributed by atoms with Crippen LogP contribution in [0.3, 0.4) is 0 Å². The molecule has 0 radical (unpaired) electrons. The zero-order valence-electron chi connectivity index (χ0n) is 13.6. The molecule has 1 heterocycles. The molecule has 0 spiro atoms. The Morgan fingerprint density at radius 2 is 1.73 bits per heavy atom. The number of amides is 1. The van der Waals surface area contributed by atoms with E-state index in [2.05, 4.69) is 10.6 Å². The molecule has 22 heavy (non-hydrogen) atoms. The Balaban J connectivity index is 0.00000144. The van der Waals surface area contributed by atoms with Crippen LogP contribution in [0.15, 0.2) is 0 Å². The minimum absolute atomic E-state index is 0. The van der Waals surface area contributed by atoms with Crippen molar-refractivity contribution in [2.75, 3.05) is 19.6 Å². The minimum atomic E-state index is 0. The maximum Gasteiger partial charge on any atom is 0.223 e. The van der Waals surface area contributed by atoms with Gasteiger partial charge >= 0.3 is 0 Å². The molecule has 5 fully saturated rings. The van der Waals surface area contributed by atoms with Gasteiger partial charge in [0.1, 0.15) is 0 Å². The van der Waals surface area contributed by atoms with Crippen LogP contribution < -0.4 is 10.6 Å². The largest absolute Gasteiger partial charge is 0.356 e. The Kier molecular flexibility index (Phi) is 5.34. The topological polar surface area (TPSA) is 41.1 Å². The highest BCUT2D eigenvalue weighted by Gasteiger charge is 2.50. The van der Waals surface area contributed by atoms with Crippen LogP contribution in [0.5, 0.6) is 0 Å². The molecule has 1 unspecified atom stereocenters. The average molecular weight is 327 g/mol. The third-order valence-electron chi connectivity index (χ3n) is 6.78. The molecule has 5 rings (SSSR count). The van der Waals surface area contributed by atoms with E-state index in [1.807, 2.05) is 0 Å². The van der Waals surface area contributed by atoms with Gasteiger partial charge in [-0.3, -0.25) is 4.79 Å². The first-order valence-corrected chi connectivity index (χ1v) is 9.28. The van der Waals surface area contributed by atoms with Gasteiger partial charge in [0.15, 0.2) is 0 Å². The summed E-state index contributed by atoms with van der Waals surface area (Å²) in [7, 11) is 0. The second-order valence-electron chi connectivity index (χ2n) is 8.25. The maximum atomic E-state index is 12.6. The lowest BCUT2D eigenvalue weighted by Crippen LogP contribution is -2.51. The summed E-state index contributed by atoms with van der Waals surface area (Å²) in [6.45, 7) is 3.22. The van der Waals surface area contributed by atoms with Crippen LogP contribution in [0.4, 0.5) is 0 Å². The fraction of sp³-hybridized carbons (Fsp3) is 0.944. The van der Waals surface area contributed by atoms with Gasteiger partial charge in [0.25, 0.3) is 0 Å². The Bertz CT molecular complexity index is 367. The second-order valence-corrected chi connectivity index (χ2v) is 8.25.